The van der Waals surface area contributed by atoms with Crippen molar-refractivity contribution in [3.63, 3.8) is 0 Å². The van der Waals surface area contributed by atoms with E-state index in [0.29, 0.717) is 24.4 Å². The van der Waals surface area contributed by atoms with Crippen LogP contribution < -0.4 is 10.6 Å². The molecule has 0 saturated heterocycles. The van der Waals surface area contributed by atoms with Crippen molar-refractivity contribution in [3.05, 3.63) is 93.8 Å². The van der Waals surface area contributed by atoms with E-state index in [4.69, 9.17) is 16.0 Å². The Morgan fingerprint density at radius 3 is 2.52 bits per heavy atom. The smallest absolute Gasteiger partial charge is 0.269 e. The van der Waals surface area contributed by atoms with Gasteiger partial charge in [0, 0.05) is 6.07 Å². The molecule has 0 saturated carbocycles. The maximum atomic E-state index is 13.4. The van der Waals surface area contributed by atoms with Crippen LogP contribution in [0.1, 0.15) is 38.2 Å². The largest absolute Gasteiger partial charge is 0.423 e. The third-order valence-electron chi connectivity index (χ3n) is 4.43. The molecule has 168 valence electrons. The first-order chi connectivity index (χ1) is 15.9. The van der Waals surface area contributed by atoms with Gasteiger partial charge in [-0.3, -0.25) is 14.7 Å². The number of halogens is 3. The lowest BCUT2D eigenvalue weighted by molar-refractivity contribution is 0.0941. The quantitative estimate of drug-likeness (QED) is 0.353. The molecule has 0 radical (unpaired) electrons. The summed E-state index contributed by atoms with van der Waals surface area (Å²) in [6.45, 7) is -0.0220. The second-order valence-electron chi connectivity index (χ2n) is 6.80. The minimum absolute atomic E-state index is 0.0195. The summed E-state index contributed by atoms with van der Waals surface area (Å²) in [5, 5.41) is 18.8. The van der Waals surface area contributed by atoms with Crippen molar-refractivity contribution >= 4 is 29.2 Å². The van der Waals surface area contributed by atoms with Gasteiger partial charge in [-0.15, -0.1) is 10.2 Å². The zero-order chi connectivity index (χ0) is 23.4. The number of hydrogen-bond donors (Lipinski definition) is 3. The highest BCUT2D eigenvalue weighted by atomic mass is 35.5. The molecule has 2 aromatic carbocycles. The van der Waals surface area contributed by atoms with E-state index in [2.05, 4.69) is 31.0 Å². The van der Waals surface area contributed by atoms with E-state index in [0.717, 1.165) is 5.56 Å². The van der Waals surface area contributed by atoms with E-state index in [-0.39, 0.29) is 34.5 Å². The predicted molar refractivity (Wildman–Crippen MR) is 113 cm³/mol. The number of aromatic amines is 1. The van der Waals surface area contributed by atoms with Crippen molar-refractivity contribution in [2.45, 2.75) is 13.0 Å². The first kappa shape index (κ1) is 22.1. The number of aromatic nitrogens is 4. The average molecular weight is 473 g/mol. The Morgan fingerprint density at radius 2 is 1.73 bits per heavy atom. The van der Waals surface area contributed by atoms with Gasteiger partial charge >= 0.3 is 0 Å². The Morgan fingerprint density at radius 1 is 1.00 bits per heavy atom. The van der Waals surface area contributed by atoms with Crippen molar-refractivity contribution in [1.82, 2.24) is 25.7 Å². The van der Waals surface area contributed by atoms with Gasteiger partial charge in [0.15, 0.2) is 17.5 Å². The summed E-state index contributed by atoms with van der Waals surface area (Å²) in [6.07, 6.45) is 0.466. The molecule has 0 aliphatic rings. The zero-order valence-corrected chi connectivity index (χ0v) is 17.5. The minimum atomic E-state index is -1.22. The number of nitrogens with one attached hydrogen (secondary N) is 3. The van der Waals surface area contributed by atoms with Crippen LogP contribution in [0.5, 0.6) is 0 Å². The standard InChI is InChI=1S/C21H15ClF2N6O3/c22-13-8-15(24)14(23)7-12(13)20(31)26-17-9-16(27-28-17)21(32)25-10-19-30-29-18(33-19)6-11-4-2-1-3-5-11/h1-5,7-9H,6,10H2,(H,25,32)(H2,26,27,28,31). The summed E-state index contributed by atoms with van der Waals surface area (Å²) < 4.78 is 32.1. The van der Waals surface area contributed by atoms with Crippen LogP contribution in [0.3, 0.4) is 0 Å². The first-order valence-electron chi connectivity index (χ1n) is 9.53. The van der Waals surface area contributed by atoms with E-state index < -0.39 is 23.4 Å². The first-order valence-corrected chi connectivity index (χ1v) is 9.91. The van der Waals surface area contributed by atoms with Crippen molar-refractivity contribution in [1.29, 1.82) is 0 Å². The maximum Gasteiger partial charge on any atom is 0.269 e. The van der Waals surface area contributed by atoms with Crippen molar-refractivity contribution in [3.8, 4) is 0 Å². The number of hydrogen-bond acceptors (Lipinski definition) is 6. The van der Waals surface area contributed by atoms with E-state index in [1.54, 1.807) is 0 Å². The van der Waals surface area contributed by atoms with Gasteiger partial charge in [0.05, 0.1) is 23.6 Å². The van der Waals surface area contributed by atoms with Gasteiger partial charge in [0.25, 0.3) is 11.8 Å². The number of carbonyl (C=O) groups excluding carboxylic acids is 2. The molecule has 0 bridgehead atoms. The summed E-state index contributed by atoms with van der Waals surface area (Å²) >= 11 is 5.78. The normalized spacial score (nSPS) is 10.8. The van der Waals surface area contributed by atoms with Crippen molar-refractivity contribution in [2.75, 3.05) is 5.32 Å². The monoisotopic (exact) mass is 472 g/mol. The molecule has 0 aliphatic carbocycles. The third-order valence-corrected chi connectivity index (χ3v) is 4.74. The number of anilines is 1. The van der Waals surface area contributed by atoms with Crippen molar-refractivity contribution < 1.29 is 22.8 Å². The van der Waals surface area contributed by atoms with Crippen LogP contribution in [-0.4, -0.2) is 32.2 Å². The van der Waals surface area contributed by atoms with Gasteiger partial charge in [-0.1, -0.05) is 41.9 Å². The SMILES string of the molecule is O=C(NCc1nnc(Cc2ccccc2)o1)c1cc(NC(=O)c2cc(F)c(F)cc2Cl)n[nH]1. The van der Waals surface area contributed by atoms with Crippen LogP contribution in [0.15, 0.2) is 52.9 Å². The molecule has 4 aromatic rings. The van der Waals surface area contributed by atoms with Gasteiger partial charge in [-0.2, -0.15) is 5.10 Å². The molecule has 4 rings (SSSR count). The summed E-state index contributed by atoms with van der Waals surface area (Å²) in [5.74, 6) is -3.16. The summed E-state index contributed by atoms with van der Waals surface area (Å²) in [7, 11) is 0. The minimum Gasteiger partial charge on any atom is -0.423 e. The van der Waals surface area contributed by atoms with Crippen LogP contribution in [0, 0.1) is 11.6 Å². The fourth-order valence-electron chi connectivity index (χ4n) is 2.84. The fraction of sp³-hybridized carbons (Fsp3) is 0.0952. The van der Waals surface area contributed by atoms with E-state index >= 15 is 0 Å². The Bertz CT molecular complexity index is 1310. The van der Waals surface area contributed by atoms with Crippen LogP contribution in [0.25, 0.3) is 0 Å². The number of benzene rings is 2. The van der Waals surface area contributed by atoms with Gasteiger partial charge in [0.2, 0.25) is 11.8 Å². The third kappa shape index (κ3) is 5.39. The molecule has 0 fully saturated rings. The van der Waals surface area contributed by atoms with Gasteiger partial charge < -0.3 is 15.1 Å². The highest BCUT2D eigenvalue weighted by molar-refractivity contribution is 6.34. The number of carbonyl (C=O) groups is 2. The van der Waals surface area contributed by atoms with E-state index in [1.165, 1.54) is 6.07 Å². The number of H-pyrrole nitrogens is 1. The molecule has 33 heavy (non-hydrogen) atoms. The second-order valence-corrected chi connectivity index (χ2v) is 7.21. The molecule has 0 aliphatic heterocycles. The highest BCUT2D eigenvalue weighted by Gasteiger charge is 2.18. The van der Waals surface area contributed by atoms with Crippen LogP contribution in [0.2, 0.25) is 5.02 Å². The zero-order valence-electron chi connectivity index (χ0n) is 16.7. The lowest BCUT2D eigenvalue weighted by atomic mass is 10.2. The molecule has 12 heteroatoms. The summed E-state index contributed by atoms with van der Waals surface area (Å²) in [6, 6.07) is 12.2. The van der Waals surface area contributed by atoms with Crippen LogP contribution >= 0.6 is 11.6 Å². The highest BCUT2D eigenvalue weighted by Crippen LogP contribution is 2.21. The topological polar surface area (TPSA) is 126 Å². The van der Waals surface area contributed by atoms with Gasteiger partial charge in [0.1, 0.15) is 5.69 Å². The maximum absolute atomic E-state index is 13.4. The molecule has 2 heterocycles. The van der Waals surface area contributed by atoms with Gasteiger partial charge in [-0.25, -0.2) is 8.78 Å². The summed E-state index contributed by atoms with van der Waals surface area (Å²) in [5.41, 5.74) is 0.756. The molecule has 2 amide bonds. The second kappa shape index (κ2) is 9.57. The molecular formula is C21H15ClF2N6O3. The van der Waals surface area contributed by atoms with E-state index in [1.807, 2.05) is 30.3 Å². The Hall–Kier alpha value is -4.12. The molecule has 9 nitrogen and oxygen atoms in total. The molecule has 0 atom stereocenters. The molecule has 0 spiro atoms. The number of nitrogens with zero attached hydrogens (tertiary/aromatic N) is 3. The Labute approximate surface area is 190 Å². The van der Waals surface area contributed by atoms with Crippen LogP contribution in [0.4, 0.5) is 14.6 Å². The number of amides is 2. The molecule has 0 unspecified atom stereocenters. The lowest BCUT2D eigenvalue weighted by Gasteiger charge is -2.05. The van der Waals surface area contributed by atoms with Gasteiger partial charge in [-0.05, 0) is 17.7 Å². The summed E-state index contributed by atoms with van der Waals surface area (Å²) in [4.78, 5) is 24.6. The molecule has 2 aromatic heterocycles. The lowest BCUT2D eigenvalue weighted by Crippen LogP contribution is -2.23. The molecule has 3 N–H and O–H groups in total. The Kier molecular flexibility index (Phi) is 6.41. The van der Waals surface area contributed by atoms with Crippen molar-refractivity contribution in [2.24, 2.45) is 0 Å². The Balaban J connectivity index is 1.33. The van der Waals surface area contributed by atoms with Crippen LogP contribution in [-0.2, 0) is 13.0 Å². The molecular weight excluding hydrogens is 458 g/mol. The number of rotatable bonds is 7. The van der Waals surface area contributed by atoms with E-state index in [9.17, 15) is 18.4 Å². The fourth-order valence-corrected chi connectivity index (χ4v) is 3.07. The average Bonchev–Trinajstić information content (AvgIpc) is 3.45. The predicted octanol–water partition coefficient (Wildman–Crippen LogP) is 3.50.